The van der Waals surface area contributed by atoms with Crippen molar-refractivity contribution in [3.05, 3.63) is 22.5 Å². The monoisotopic (exact) mass is 273 g/mol. The first-order chi connectivity index (χ1) is 7.83. The van der Waals surface area contributed by atoms with Gasteiger partial charge in [0.2, 0.25) is 0 Å². The Labute approximate surface area is 109 Å². The summed E-state index contributed by atoms with van der Waals surface area (Å²) in [5.41, 5.74) is 1.38. The fourth-order valence-electron chi connectivity index (χ4n) is 1.37. The molecule has 0 amide bonds. The first-order valence-corrected chi connectivity index (χ1v) is 9.81. The summed E-state index contributed by atoms with van der Waals surface area (Å²) in [7, 11) is -1.10. The normalized spacial score (nSPS) is 11.6. The molecule has 0 aliphatic carbocycles. The minimum absolute atomic E-state index is 0.144. The summed E-state index contributed by atoms with van der Waals surface area (Å²) in [6.45, 7) is 9.28. The fraction of sp³-hybridized carbons (Fsp3) is 0.583. The molecule has 0 saturated carbocycles. The lowest BCUT2D eigenvalue weighted by molar-refractivity contribution is 0.266. The topological polar surface area (TPSA) is 42.4 Å². The van der Waals surface area contributed by atoms with E-state index in [0.29, 0.717) is 23.1 Å². The SMILES string of the molecule is Cc1cc(OCC[Si](C)(C)C)c(CO)c(Cl)n1. The molecule has 1 N–H and O–H groups in total. The lowest BCUT2D eigenvalue weighted by Gasteiger charge is -2.17. The zero-order valence-electron chi connectivity index (χ0n) is 10.9. The molecular formula is C12H20ClNO2Si. The lowest BCUT2D eigenvalue weighted by Crippen LogP contribution is -2.22. The first-order valence-electron chi connectivity index (χ1n) is 5.73. The van der Waals surface area contributed by atoms with Crippen LogP contribution in [0.4, 0.5) is 0 Å². The van der Waals surface area contributed by atoms with E-state index in [2.05, 4.69) is 24.6 Å². The highest BCUT2D eigenvalue weighted by molar-refractivity contribution is 6.76. The van der Waals surface area contributed by atoms with Crippen LogP contribution in [0.3, 0.4) is 0 Å². The summed E-state index contributed by atoms with van der Waals surface area (Å²) in [5, 5.41) is 9.58. The fourth-order valence-corrected chi connectivity index (χ4v) is 2.37. The Hall–Kier alpha value is -0.583. The number of halogens is 1. The van der Waals surface area contributed by atoms with E-state index < -0.39 is 8.07 Å². The molecule has 1 heterocycles. The highest BCUT2D eigenvalue weighted by atomic mass is 35.5. The number of hydrogen-bond acceptors (Lipinski definition) is 3. The molecule has 0 saturated heterocycles. The van der Waals surface area contributed by atoms with E-state index >= 15 is 0 Å². The number of hydrogen-bond donors (Lipinski definition) is 1. The van der Waals surface area contributed by atoms with Gasteiger partial charge in [0, 0.05) is 19.8 Å². The van der Waals surface area contributed by atoms with Crippen molar-refractivity contribution in [2.24, 2.45) is 0 Å². The van der Waals surface area contributed by atoms with Crippen LogP contribution in [0, 0.1) is 6.92 Å². The molecule has 0 unspecified atom stereocenters. The number of aliphatic hydroxyl groups excluding tert-OH is 1. The van der Waals surface area contributed by atoms with Gasteiger partial charge in [-0.05, 0) is 13.0 Å². The molecule has 1 aromatic rings. The summed E-state index contributed by atoms with van der Waals surface area (Å²) in [6.07, 6.45) is 0. The number of nitrogens with zero attached hydrogens (tertiary/aromatic N) is 1. The summed E-state index contributed by atoms with van der Waals surface area (Å²) in [6, 6.07) is 2.90. The van der Waals surface area contributed by atoms with Gasteiger partial charge in [-0.1, -0.05) is 31.2 Å². The summed E-state index contributed by atoms with van der Waals surface area (Å²) in [4.78, 5) is 4.10. The molecule has 5 heteroatoms. The van der Waals surface area contributed by atoms with Crippen LogP contribution in [0.5, 0.6) is 5.75 Å². The van der Waals surface area contributed by atoms with Crippen LogP contribution in [0.2, 0.25) is 30.8 Å². The number of pyridine rings is 1. The molecule has 17 heavy (non-hydrogen) atoms. The molecule has 0 radical (unpaired) electrons. The van der Waals surface area contributed by atoms with E-state index in [4.69, 9.17) is 16.3 Å². The van der Waals surface area contributed by atoms with Gasteiger partial charge in [-0.15, -0.1) is 0 Å². The van der Waals surface area contributed by atoms with Crippen molar-refractivity contribution in [1.29, 1.82) is 0 Å². The maximum atomic E-state index is 9.25. The molecule has 0 aliphatic heterocycles. The van der Waals surface area contributed by atoms with Crippen LogP contribution in [0.1, 0.15) is 11.3 Å². The summed E-state index contributed by atoms with van der Waals surface area (Å²) in [5.74, 6) is 0.656. The van der Waals surface area contributed by atoms with Crippen LogP contribution in [-0.4, -0.2) is 24.8 Å². The van der Waals surface area contributed by atoms with Crippen LogP contribution >= 0.6 is 11.6 Å². The molecule has 0 fully saturated rings. The van der Waals surface area contributed by atoms with Crippen molar-refractivity contribution in [1.82, 2.24) is 4.98 Å². The van der Waals surface area contributed by atoms with Crippen LogP contribution in [0.25, 0.3) is 0 Å². The third-order valence-electron chi connectivity index (χ3n) is 2.43. The molecule has 0 aliphatic rings. The highest BCUT2D eigenvalue weighted by Crippen LogP contribution is 2.26. The third kappa shape index (κ3) is 4.65. The van der Waals surface area contributed by atoms with Crippen molar-refractivity contribution in [2.75, 3.05) is 6.61 Å². The smallest absolute Gasteiger partial charge is 0.138 e. The van der Waals surface area contributed by atoms with Gasteiger partial charge in [0.15, 0.2) is 0 Å². The van der Waals surface area contributed by atoms with E-state index in [-0.39, 0.29) is 6.61 Å². The van der Waals surface area contributed by atoms with Crippen molar-refractivity contribution >= 4 is 19.7 Å². The van der Waals surface area contributed by atoms with Crippen LogP contribution in [-0.2, 0) is 6.61 Å². The lowest BCUT2D eigenvalue weighted by atomic mass is 10.2. The van der Waals surface area contributed by atoms with Gasteiger partial charge < -0.3 is 9.84 Å². The third-order valence-corrected chi connectivity index (χ3v) is 4.45. The number of ether oxygens (including phenoxy) is 1. The molecule has 96 valence electrons. The molecule has 1 rings (SSSR count). The second-order valence-corrected chi connectivity index (χ2v) is 11.3. The quantitative estimate of drug-likeness (QED) is 0.661. The Kier molecular flexibility index (Phi) is 4.98. The highest BCUT2D eigenvalue weighted by Gasteiger charge is 2.15. The number of aryl methyl sites for hydroxylation is 1. The van der Waals surface area contributed by atoms with E-state index in [1.807, 2.05) is 13.0 Å². The van der Waals surface area contributed by atoms with Gasteiger partial charge >= 0.3 is 0 Å². The molecule has 0 bridgehead atoms. The number of rotatable bonds is 5. The number of aliphatic hydroxyl groups is 1. The second kappa shape index (κ2) is 5.84. The zero-order chi connectivity index (χ0) is 13.1. The van der Waals surface area contributed by atoms with E-state index in [0.717, 1.165) is 11.7 Å². The van der Waals surface area contributed by atoms with Crippen LogP contribution in [0.15, 0.2) is 6.07 Å². The predicted molar refractivity (Wildman–Crippen MR) is 73.6 cm³/mol. The average Bonchev–Trinajstić information content (AvgIpc) is 2.14. The standard InChI is InChI=1S/C12H20ClNO2Si/c1-9-7-11(10(8-15)12(13)14-9)16-5-6-17(2,3)4/h7,15H,5-6,8H2,1-4H3. The molecular weight excluding hydrogens is 254 g/mol. The Balaban J connectivity index is 2.76. The predicted octanol–water partition coefficient (Wildman–Crippen LogP) is 3.25. The van der Waals surface area contributed by atoms with Crippen molar-refractivity contribution in [2.45, 2.75) is 39.2 Å². The van der Waals surface area contributed by atoms with Crippen molar-refractivity contribution < 1.29 is 9.84 Å². The molecule has 0 atom stereocenters. The largest absolute Gasteiger partial charge is 0.493 e. The van der Waals surface area contributed by atoms with Gasteiger partial charge in [-0.25, -0.2) is 4.98 Å². The molecule has 1 aromatic heterocycles. The maximum absolute atomic E-state index is 9.25. The summed E-state index contributed by atoms with van der Waals surface area (Å²) >= 11 is 5.96. The molecule has 0 spiro atoms. The number of aromatic nitrogens is 1. The molecule has 3 nitrogen and oxygen atoms in total. The molecule has 0 aromatic carbocycles. The Morgan fingerprint density at radius 3 is 2.59 bits per heavy atom. The van der Waals surface area contributed by atoms with E-state index in [1.165, 1.54) is 0 Å². The van der Waals surface area contributed by atoms with E-state index in [9.17, 15) is 5.11 Å². The first kappa shape index (κ1) is 14.5. The second-order valence-electron chi connectivity index (χ2n) is 5.35. The van der Waals surface area contributed by atoms with Gasteiger partial charge in [0.05, 0.1) is 18.8 Å². The Bertz CT molecular complexity index is 391. The van der Waals surface area contributed by atoms with Gasteiger partial charge in [-0.3, -0.25) is 0 Å². The van der Waals surface area contributed by atoms with Crippen LogP contribution < -0.4 is 4.74 Å². The van der Waals surface area contributed by atoms with Gasteiger partial charge in [-0.2, -0.15) is 0 Å². The average molecular weight is 274 g/mol. The van der Waals surface area contributed by atoms with Crippen molar-refractivity contribution in [3.63, 3.8) is 0 Å². The minimum atomic E-state index is -1.10. The maximum Gasteiger partial charge on any atom is 0.138 e. The minimum Gasteiger partial charge on any atom is -0.493 e. The van der Waals surface area contributed by atoms with Gasteiger partial charge in [0.25, 0.3) is 0 Å². The Morgan fingerprint density at radius 2 is 2.06 bits per heavy atom. The zero-order valence-corrected chi connectivity index (χ0v) is 12.6. The Morgan fingerprint density at radius 1 is 1.41 bits per heavy atom. The van der Waals surface area contributed by atoms with E-state index in [1.54, 1.807) is 0 Å². The van der Waals surface area contributed by atoms with Gasteiger partial charge in [0.1, 0.15) is 10.9 Å². The van der Waals surface area contributed by atoms with Crippen molar-refractivity contribution in [3.8, 4) is 5.75 Å². The summed E-state index contributed by atoms with van der Waals surface area (Å²) < 4.78 is 5.72.